The number of allylic oxidation sites excluding steroid dienone is 18. The molecule has 0 aromatic heterocycles. The van der Waals surface area contributed by atoms with Gasteiger partial charge in [-0.15, -0.1) is 0 Å². The van der Waals surface area contributed by atoms with Gasteiger partial charge in [0.15, 0.2) is 6.10 Å². The third-order valence-corrected chi connectivity index (χ3v) is 11.7. The van der Waals surface area contributed by atoms with E-state index in [4.69, 9.17) is 14.2 Å². The summed E-state index contributed by atoms with van der Waals surface area (Å²) in [6.07, 6.45) is 76.4. The minimum atomic E-state index is -0.814. The lowest BCUT2D eigenvalue weighted by Crippen LogP contribution is -2.30. The van der Waals surface area contributed by atoms with Crippen LogP contribution in [-0.4, -0.2) is 37.2 Å². The van der Waals surface area contributed by atoms with Gasteiger partial charge < -0.3 is 14.2 Å². The molecule has 69 heavy (non-hydrogen) atoms. The Balaban J connectivity index is 4.53. The molecular formula is C63H104O6. The first-order chi connectivity index (χ1) is 34.0. The summed E-state index contributed by atoms with van der Waals surface area (Å²) in [6, 6.07) is 0. The van der Waals surface area contributed by atoms with Crippen LogP contribution in [-0.2, 0) is 28.6 Å². The second-order valence-electron chi connectivity index (χ2n) is 18.5. The van der Waals surface area contributed by atoms with Gasteiger partial charge in [0.2, 0.25) is 0 Å². The molecule has 6 nitrogen and oxygen atoms in total. The van der Waals surface area contributed by atoms with Gasteiger partial charge in [-0.1, -0.05) is 207 Å². The smallest absolute Gasteiger partial charge is 0.306 e. The third kappa shape index (κ3) is 54.9. The summed E-state index contributed by atoms with van der Waals surface area (Å²) in [5.41, 5.74) is 0. The van der Waals surface area contributed by atoms with E-state index in [1.807, 2.05) is 0 Å². The number of hydrogen-bond donors (Lipinski definition) is 0. The quantitative estimate of drug-likeness (QED) is 0.0262. The number of rotatable bonds is 50. The number of carbonyl (C=O) groups is 3. The van der Waals surface area contributed by atoms with E-state index in [1.165, 1.54) is 103 Å². The molecule has 0 fully saturated rings. The molecule has 0 saturated heterocycles. The summed E-state index contributed by atoms with van der Waals surface area (Å²) >= 11 is 0. The second-order valence-corrected chi connectivity index (χ2v) is 18.5. The Morgan fingerprint density at radius 2 is 0.522 bits per heavy atom. The number of ether oxygens (including phenoxy) is 3. The van der Waals surface area contributed by atoms with E-state index in [-0.39, 0.29) is 31.1 Å². The normalized spacial score (nSPS) is 12.9. The lowest BCUT2D eigenvalue weighted by Gasteiger charge is -2.18. The molecule has 0 aromatic carbocycles. The van der Waals surface area contributed by atoms with E-state index >= 15 is 0 Å². The van der Waals surface area contributed by atoms with Crippen LogP contribution < -0.4 is 0 Å². The molecule has 1 atom stereocenters. The van der Waals surface area contributed by atoms with Gasteiger partial charge >= 0.3 is 17.9 Å². The summed E-state index contributed by atoms with van der Waals surface area (Å²) < 4.78 is 16.8. The zero-order valence-electron chi connectivity index (χ0n) is 44.8. The van der Waals surface area contributed by atoms with E-state index in [1.54, 1.807) is 0 Å². The van der Waals surface area contributed by atoms with Crippen molar-refractivity contribution in [1.82, 2.24) is 0 Å². The summed E-state index contributed by atoms with van der Waals surface area (Å²) in [4.78, 5) is 38.1. The first kappa shape index (κ1) is 65.1. The van der Waals surface area contributed by atoms with Crippen LogP contribution in [0.4, 0.5) is 0 Å². The molecule has 0 aromatic rings. The Hall–Kier alpha value is -3.93. The Bertz CT molecular complexity index is 1420. The maximum absolute atomic E-state index is 12.9. The fourth-order valence-electron chi connectivity index (χ4n) is 7.40. The monoisotopic (exact) mass is 957 g/mol. The highest BCUT2D eigenvalue weighted by molar-refractivity contribution is 5.71. The Labute approximate surface area is 425 Å². The predicted octanol–water partition coefficient (Wildman–Crippen LogP) is 19.1. The van der Waals surface area contributed by atoms with Crippen LogP contribution in [0.1, 0.15) is 252 Å². The van der Waals surface area contributed by atoms with E-state index in [9.17, 15) is 14.4 Å². The number of esters is 3. The van der Waals surface area contributed by atoms with Crippen LogP contribution in [0.25, 0.3) is 0 Å². The third-order valence-electron chi connectivity index (χ3n) is 11.7. The fourth-order valence-corrected chi connectivity index (χ4v) is 7.40. The summed E-state index contributed by atoms with van der Waals surface area (Å²) in [5.74, 6) is -0.987. The van der Waals surface area contributed by atoms with Crippen LogP contribution in [0.2, 0.25) is 0 Å². The van der Waals surface area contributed by atoms with Crippen LogP contribution in [0.5, 0.6) is 0 Å². The van der Waals surface area contributed by atoms with Gasteiger partial charge in [0.25, 0.3) is 0 Å². The highest BCUT2D eigenvalue weighted by Gasteiger charge is 2.19. The maximum Gasteiger partial charge on any atom is 0.306 e. The molecular weight excluding hydrogens is 853 g/mol. The SMILES string of the molecule is CCCCC/C=C\C/C=C\C/C=C\C/C=C\CCCCCC(=O)OC[C@@H](COC(=O)CCCC/C=C\C/C=C\C/C=C\CCCCC)OC(=O)CCCCCCCCC/C=C\C/C=C\CCCCC. The predicted molar refractivity (Wildman–Crippen MR) is 297 cm³/mol. The van der Waals surface area contributed by atoms with Crippen molar-refractivity contribution < 1.29 is 28.6 Å². The molecule has 392 valence electrons. The highest BCUT2D eigenvalue weighted by Crippen LogP contribution is 2.13. The topological polar surface area (TPSA) is 78.9 Å². The van der Waals surface area contributed by atoms with Gasteiger partial charge in [-0.05, 0) is 135 Å². The zero-order chi connectivity index (χ0) is 50.0. The number of unbranched alkanes of at least 4 members (excludes halogenated alkanes) is 21. The molecule has 0 spiro atoms. The maximum atomic E-state index is 12.9. The van der Waals surface area contributed by atoms with Gasteiger partial charge in [0.05, 0.1) is 0 Å². The van der Waals surface area contributed by atoms with E-state index in [0.29, 0.717) is 19.3 Å². The molecule has 0 unspecified atom stereocenters. The van der Waals surface area contributed by atoms with Gasteiger partial charge in [0.1, 0.15) is 13.2 Å². The molecule has 0 amide bonds. The molecule has 0 aliphatic carbocycles. The van der Waals surface area contributed by atoms with Crippen LogP contribution in [0.3, 0.4) is 0 Å². The Morgan fingerprint density at radius 1 is 0.290 bits per heavy atom. The average molecular weight is 958 g/mol. The van der Waals surface area contributed by atoms with E-state index in [2.05, 4.69) is 130 Å². The van der Waals surface area contributed by atoms with Gasteiger partial charge in [-0.3, -0.25) is 14.4 Å². The lowest BCUT2D eigenvalue weighted by atomic mass is 10.1. The number of hydrogen-bond acceptors (Lipinski definition) is 6. The van der Waals surface area contributed by atoms with E-state index in [0.717, 1.165) is 109 Å². The molecule has 0 rings (SSSR count). The minimum absolute atomic E-state index is 0.112. The summed E-state index contributed by atoms with van der Waals surface area (Å²) in [7, 11) is 0. The molecule has 0 N–H and O–H groups in total. The largest absolute Gasteiger partial charge is 0.462 e. The van der Waals surface area contributed by atoms with Crippen LogP contribution in [0.15, 0.2) is 109 Å². The van der Waals surface area contributed by atoms with Gasteiger partial charge in [-0.2, -0.15) is 0 Å². The molecule has 0 radical (unpaired) electrons. The van der Waals surface area contributed by atoms with Crippen molar-refractivity contribution in [3.63, 3.8) is 0 Å². The molecule has 0 heterocycles. The molecule has 0 aliphatic heterocycles. The van der Waals surface area contributed by atoms with Crippen molar-refractivity contribution in [1.29, 1.82) is 0 Å². The first-order valence-corrected chi connectivity index (χ1v) is 28.4. The first-order valence-electron chi connectivity index (χ1n) is 28.4. The average Bonchev–Trinajstić information content (AvgIpc) is 3.35. The van der Waals surface area contributed by atoms with Crippen LogP contribution >= 0.6 is 0 Å². The van der Waals surface area contributed by atoms with Crippen molar-refractivity contribution in [2.45, 2.75) is 258 Å². The van der Waals surface area contributed by atoms with Gasteiger partial charge in [0, 0.05) is 19.3 Å². The standard InChI is InChI=1S/C63H104O6/c1-4-7-10-13-16-19-22-25-28-30-31-33-35-38-41-44-47-50-53-56-62(65)68-59-60(58-67-61(64)55-52-49-46-43-40-37-34-27-24-21-18-15-12-9-6-3)69-63(66)57-54-51-48-45-42-39-36-32-29-26-23-20-17-14-11-8-5-2/h16-21,25-29,31,33-34,38,40-41,43,60H,4-15,22-24,30,32,35-37,39,42,44-59H2,1-3H3/b19-16-,20-17-,21-18-,28-25-,29-26-,33-31-,34-27-,41-38-,43-40-/t60-/m1/s1. The summed E-state index contributed by atoms with van der Waals surface area (Å²) in [5, 5.41) is 0. The Kier molecular flexibility index (Phi) is 53.4. The van der Waals surface area contributed by atoms with Crippen molar-refractivity contribution in [2.75, 3.05) is 13.2 Å². The summed E-state index contributed by atoms with van der Waals surface area (Å²) in [6.45, 7) is 6.49. The molecule has 0 aliphatic rings. The molecule has 0 bridgehead atoms. The van der Waals surface area contributed by atoms with Crippen molar-refractivity contribution >= 4 is 17.9 Å². The molecule has 0 saturated carbocycles. The Morgan fingerprint density at radius 3 is 0.855 bits per heavy atom. The molecule has 6 heteroatoms. The van der Waals surface area contributed by atoms with Crippen molar-refractivity contribution in [3.8, 4) is 0 Å². The number of carbonyl (C=O) groups excluding carboxylic acids is 3. The van der Waals surface area contributed by atoms with Gasteiger partial charge in [-0.25, -0.2) is 0 Å². The van der Waals surface area contributed by atoms with Crippen LogP contribution in [0, 0.1) is 0 Å². The van der Waals surface area contributed by atoms with Crippen molar-refractivity contribution in [3.05, 3.63) is 109 Å². The minimum Gasteiger partial charge on any atom is -0.462 e. The highest BCUT2D eigenvalue weighted by atomic mass is 16.6. The lowest BCUT2D eigenvalue weighted by molar-refractivity contribution is -0.167. The van der Waals surface area contributed by atoms with Crippen molar-refractivity contribution in [2.24, 2.45) is 0 Å². The van der Waals surface area contributed by atoms with E-state index < -0.39 is 6.10 Å². The fraction of sp³-hybridized carbons (Fsp3) is 0.667. The zero-order valence-corrected chi connectivity index (χ0v) is 44.8. The second kappa shape index (κ2) is 56.7.